The highest BCUT2D eigenvalue weighted by molar-refractivity contribution is 5.81. The van der Waals surface area contributed by atoms with Crippen LogP contribution in [0.5, 0.6) is 0 Å². The molecule has 2 fully saturated rings. The van der Waals surface area contributed by atoms with Gasteiger partial charge in [0.2, 0.25) is 5.91 Å². The van der Waals surface area contributed by atoms with Gasteiger partial charge in [0.1, 0.15) is 0 Å². The van der Waals surface area contributed by atoms with E-state index in [1.165, 1.54) is 38.5 Å². The summed E-state index contributed by atoms with van der Waals surface area (Å²) < 4.78 is 0. The predicted molar refractivity (Wildman–Crippen MR) is 78.1 cm³/mol. The first kappa shape index (κ1) is 14.8. The van der Waals surface area contributed by atoms with Gasteiger partial charge in [0.25, 0.3) is 0 Å². The first-order valence-corrected chi connectivity index (χ1v) is 7.97. The molecule has 0 bridgehead atoms. The molecule has 4 heteroatoms. The molecule has 1 unspecified atom stereocenters. The standard InChI is InChI=1S/C15H29N3O/c1-3-17-12-7-9-13(10-8-12)18-11-5-4-6-14(18)15(19)16-2/h12-14,17H,3-11H2,1-2H3,(H,16,19). The molecule has 0 radical (unpaired) electrons. The minimum Gasteiger partial charge on any atom is -0.358 e. The Morgan fingerprint density at radius 1 is 1.16 bits per heavy atom. The van der Waals surface area contributed by atoms with Crippen LogP contribution >= 0.6 is 0 Å². The molecule has 2 rings (SSSR count). The zero-order valence-electron chi connectivity index (χ0n) is 12.5. The third kappa shape index (κ3) is 3.69. The van der Waals surface area contributed by atoms with E-state index in [4.69, 9.17) is 0 Å². The maximum absolute atomic E-state index is 12.0. The highest BCUT2D eigenvalue weighted by Gasteiger charge is 2.34. The molecule has 19 heavy (non-hydrogen) atoms. The average molecular weight is 267 g/mol. The van der Waals surface area contributed by atoms with Gasteiger partial charge in [-0.25, -0.2) is 0 Å². The third-order valence-electron chi connectivity index (χ3n) is 4.75. The van der Waals surface area contributed by atoms with E-state index in [9.17, 15) is 4.79 Å². The number of piperidine rings is 1. The molecule has 0 aromatic rings. The Bertz CT molecular complexity index is 287. The van der Waals surface area contributed by atoms with Crippen molar-refractivity contribution in [1.82, 2.24) is 15.5 Å². The predicted octanol–water partition coefficient (Wildman–Crippen LogP) is 1.51. The Balaban J connectivity index is 1.90. The lowest BCUT2D eigenvalue weighted by Gasteiger charge is -2.43. The van der Waals surface area contributed by atoms with Crippen LogP contribution < -0.4 is 10.6 Å². The summed E-state index contributed by atoms with van der Waals surface area (Å²) in [6.07, 6.45) is 8.48. The Hall–Kier alpha value is -0.610. The molecule has 1 atom stereocenters. The number of carbonyl (C=O) groups is 1. The SMILES string of the molecule is CCNC1CCC(N2CCCCC2C(=O)NC)CC1. The summed E-state index contributed by atoms with van der Waals surface area (Å²) in [5.74, 6) is 0.216. The molecular weight excluding hydrogens is 238 g/mol. The average Bonchev–Trinajstić information content (AvgIpc) is 2.47. The number of hydrogen-bond donors (Lipinski definition) is 2. The fourth-order valence-corrected chi connectivity index (χ4v) is 3.74. The van der Waals surface area contributed by atoms with Crippen molar-refractivity contribution in [3.63, 3.8) is 0 Å². The number of nitrogens with one attached hydrogen (secondary N) is 2. The van der Waals surface area contributed by atoms with E-state index in [2.05, 4.69) is 22.5 Å². The number of amides is 1. The van der Waals surface area contributed by atoms with Crippen LogP contribution in [0.25, 0.3) is 0 Å². The van der Waals surface area contributed by atoms with Crippen LogP contribution in [0.4, 0.5) is 0 Å². The number of likely N-dealkylation sites (N-methyl/N-ethyl adjacent to an activating group) is 1. The Morgan fingerprint density at radius 3 is 2.53 bits per heavy atom. The smallest absolute Gasteiger partial charge is 0.237 e. The molecule has 1 saturated carbocycles. The molecule has 0 aromatic heterocycles. The summed E-state index contributed by atoms with van der Waals surface area (Å²) in [7, 11) is 1.76. The first-order valence-electron chi connectivity index (χ1n) is 7.97. The molecule has 0 aromatic carbocycles. The van der Waals surface area contributed by atoms with E-state index >= 15 is 0 Å². The summed E-state index contributed by atoms with van der Waals surface area (Å²) >= 11 is 0. The molecule has 1 aliphatic carbocycles. The van der Waals surface area contributed by atoms with E-state index in [0.29, 0.717) is 12.1 Å². The van der Waals surface area contributed by atoms with Gasteiger partial charge < -0.3 is 10.6 Å². The summed E-state index contributed by atoms with van der Waals surface area (Å²) in [6, 6.07) is 1.45. The molecule has 0 spiro atoms. The molecule has 2 N–H and O–H groups in total. The van der Waals surface area contributed by atoms with E-state index in [1.54, 1.807) is 7.05 Å². The molecule has 1 aliphatic heterocycles. The Kier molecular flexibility index (Phi) is 5.64. The van der Waals surface area contributed by atoms with Gasteiger partial charge in [-0.2, -0.15) is 0 Å². The second-order valence-electron chi connectivity index (χ2n) is 5.93. The number of carbonyl (C=O) groups excluding carboxylic acids is 1. The summed E-state index contributed by atoms with van der Waals surface area (Å²) in [5, 5.41) is 6.40. The van der Waals surface area contributed by atoms with E-state index < -0.39 is 0 Å². The summed E-state index contributed by atoms with van der Waals surface area (Å²) in [5.41, 5.74) is 0. The Morgan fingerprint density at radius 2 is 1.89 bits per heavy atom. The van der Waals surface area contributed by atoms with Crippen molar-refractivity contribution in [2.45, 2.75) is 70.0 Å². The van der Waals surface area contributed by atoms with Crippen molar-refractivity contribution < 1.29 is 4.79 Å². The van der Waals surface area contributed by atoms with Crippen LogP contribution in [-0.4, -0.2) is 49.1 Å². The van der Waals surface area contributed by atoms with Gasteiger partial charge in [-0.3, -0.25) is 9.69 Å². The topological polar surface area (TPSA) is 44.4 Å². The largest absolute Gasteiger partial charge is 0.358 e. The zero-order valence-corrected chi connectivity index (χ0v) is 12.5. The normalized spacial score (nSPS) is 33.1. The van der Waals surface area contributed by atoms with Crippen LogP contribution in [0.2, 0.25) is 0 Å². The van der Waals surface area contributed by atoms with Crippen molar-refractivity contribution in [1.29, 1.82) is 0 Å². The van der Waals surface area contributed by atoms with Crippen LogP contribution in [-0.2, 0) is 4.79 Å². The quantitative estimate of drug-likeness (QED) is 0.811. The molecule has 110 valence electrons. The van der Waals surface area contributed by atoms with Crippen LogP contribution in [0, 0.1) is 0 Å². The monoisotopic (exact) mass is 267 g/mol. The van der Waals surface area contributed by atoms with Gasteiger partial charge in [0.15, 0.2) is 0 Å². The van der Waals surface area contributed by atoms with Gasteiger partial charge in [-0.1, -0.05) is 13.3 Å². The fourth-order valence-electron chi connectivity index (χ4n) is 3.74. The molecule has 1 heterocycles. The number of nitrogens with zero attached hydrogens (tertiary/aromatic N) is 1. The van der Waals surface area contributed by atoms with E-state index in [0.717, 1.165) is 19.5 Å². The van der Waals surface area contributed by atoms with Crippen molar-refractivity contribution in [3.05, 3.63) is 0 Å². The van der Waals surface area contributed by atoms with Gasteiger partial charge in [-0.05, 0) is 51.6 Å². The third-order valence-corrected chi connectivity index (χ3v) is 4.75. The van der Waals surface area contributed by atoms with Crippen molar-refractivity contribution in [2.75, 3.05) is 20.1 Å². The highest BCUT2D eigenvalue weighted by atomic mass is 16.2. The minimum absolute atomic E-state index is 0.124. The first-order chi connectivity index (χ1) is 9.26. The second kappa shape index (κ2) is 7.25. The lowest BCUT2D eigenvalue weighted by atomic mass is 9.87. The van der Waals surface area contributed by atoms with Crippen molar-refractivity contribution in [2.24, 2.45) is 0 Å². The molecular formula is C15H29N3O. The van der Waals surface area contributed by atoms with Gasteiger partial charge >= 0.3 is 0 Å². The van der Waals surface area contributed by atoms with Crippen molar-refractivity contribution >= 4 is 5.91 Å². The number of rotatable bonds is 4. The van der Waals surface area contributed by atoms with Crippen LogP contribution in [0.3, 0.4) is 0 Å². The molecule has 1 saturated heterocycles. The Labute approximate surface area is 117 Å². The molecule has 4 nitrogen and oxygen atoms in total. The fraction of sp³-hybridized carbons (Fsp3) is 0.933. The zero-order chi connectivity index (χ0) is 13.7. The van der Waals surface area contributed by atoms with Crippen LogP contribution in [0.1, 0.15) is 51.9 Å². The maximum Gasteiger partial charge on any atom is 0.237 e. The summed E-state index contributed by atoms with van der Waals surface area (Å²) in [6.45, 7) is 4.35. The maximum atomic E-state index is 12.0. The van der Waals surface area contributed by atoms with E-state index in [-0.39, 0.29) is 11.9 Å². The van der Waals surface area contributed by atoms with Crippen LogP contribution in [0.15, 0.2) is 0 Å². The lowest BCUT2D eigenvalue weighted by molar-refractivity contribution is -0.128. The second-order valence-corrected chi connectivity index (χ2v) is 5.93. The minimum atomic E-state index is 0.124. The highest BCUT2D eigenvalue weighted by Crippen LogP contribution is 2.28. The lowest BCUT2D eigenvalue weighted by Crippen LogP contribution is -2.54. The van der Waals surface area contributed by atoms with Gasteiger partial charge in [0, 0.05) is 19.1 Å². The van der Waals surface area contributed by atoms with Gasteiger partial charge in [0.05, 0.1) is 6.04 Å². The molecule has 1 amide bonds. The molecule has 2 aliphatic rings. The van der Waals surface area contributed by atoms with Gasteiger partial charge in [-0.15, -0.1) is 0 Å². The number of likely N-dealkylation sites (tertiary alicyclic amines) is 1. The summed E-state index contributed by atoms with van der Waals surface area (Å²) in [4.78, 5) is 14.5. The van der Waals surface area contributed by atoms with E-state index in [1.807, 2.05) is 0 Å². The van der Waals surface area contributed by atoms with Crippen molar-refractivity contribution in [3.8, 4) is 0 Å². The number of hydrogen-bond acceptors (Lipinski definition) is 3.